The molecule has 4 rings (SSSR count). The van der Waals surface area contributed by atoms with E-state index < -0.39 is 6.10 Å². The fourth-order valence-electron chi connectivity index (χ4n) is 3.52. The first-order valence-electron chi connectivity index (χ1n) is 10.3. The molecule has 7 nitrogen and oxygen atoms in total. The highest BCUT2D eigenvalue weighted by atomic mass is 16.5. The Balaban J connectivity index is 1.48. The molecule has 0 bridgehead atoms. The number of fused-ring (bicyclic) bond motifs is 1. The molecule has 1 aliphatic heterocycles. The topological polar surface area (TPSA) is 87.7 Å². The van der Waals surface area contributed by atoms with Gasteiger partial charge in [0.15, 0.2) is 6.10 Å². The second-order valence-electron chi connectivity index (χ2n) is 7.41. The number of hydrogen-bond acceptors (Lipinski definition) is 4. The van der Waals surface area contributed by atoms with E-state index in [0.717, 1.165) is 5.56 Å². The molecule has 1 unspecified atom stereocenters. The van der Waals surface area contributed by atoms with Crippen LogP contribution >= 0.6 is 0 Å². The van der Waals surface area contributed by atoms with Crippen LogP contribution in [0.3, 0.4) is 0 Å². The molecule has 1 aliphatic rings. The minimum absolute atomic E-state index is 0.0945. The molecule has 3 amide bonds. The van der Waals surface area contributed by atoms with E-state index in [0.29, 0.717) is 29.2 Å². The van der Waals surface area contributed by atoms with Crippen molar-refractivity contribution in [2.24, 2.45) is 0 Å². The maximum Gasteiger partial charge on any atom is 0.268 e. The third-order valence-corrected chi connectivity index (χ3v) is 5.12. The molecule has 0 saturated heterocycles. The van der Waals surface area contributed by atoms with Gasteiger partial charge in [0.05, 0.1) is 16.9 Å². The fourth-order valence-corrected chi connectivity index (χ4v) is 3.52. The summed E-state index contributed by atoms with van der Waals surface area (Å²) in [6.45, 7) is 1.89. The van der Waals surface area contributed by atoms with E-state index in [1.54, 1.807) is 55.5 Å². The second-order valence-corrected chi connectivity index (χ2v) is 7.41. The smallest absolute Gasteiger partial charge is 0.268 e. The van der Waals surface area contributed by atoms with Gasteiger partial charge in [-0.05, 0) is 36.8 Å². The van der Waals surface area contributed by atoms with Crippen molar-refractivity contribution in [1.29, 1.82) is 0 Å². The van der Waals surface area contributed by atoms with Crippen LogP contribution in [0.1, 0.15) is 22.8 Å². The molecule has 0 aromatic heterocycles. The molecule has 0 saturated carbocycles. The van der Waals surface area contributed by atoms with Crippen molar-refractivity contribution in [3.05, 3.63) is 90.0 Å². The maximum absolute atomic E-state index is 13.1. The number of rotatable bonds is 6. The van der Waals surface area contributed by atoms with Gasteiger partial charge in [0, 0.05) is 6.54 Å². The standard InChI is InChI=1S/C25H23N3O4/c1-17(25(31)28-16-23(29)27-20-12-6-7-13-21(20)28)32-22-14-8-5-11-19(22)24(30)26-15-18-9-3-2-4-10-18/h2-14,17H,15-16H2,1H3,(H,26,30)(H,27,29). The predicted molar refractivity (Wildman–Crippen MR) is 122 cm³/mol. The largest absolute Gasteiger partial charge is 0.480 e. The Labute approximate surface area is 186 Å². The number of anilines is 2. The fraction of sp³-hybridized carbons (Fsp3) is 0.160. The van der Waals surface area contributed by atoms with Crippen molar-refractivity contribution in [2.75, 3.05) is 16.8 Å². The summed E-state index contributed by atoms with van der Waals surface area (Å²) in [6.07, 6.45) is -0.906. The average Bonchev–Trinajstić information content (AvgIpc) is 2.82. The summed E-state index contributed by atoms with van der Waals surface area (Å²) in [5, 5.41) is 5.63. The Morgan fingerprint density at radius 2 is 1.69 bits per heavy atom. The molecule has 2 N–H and O–H groups in total. The molecule has 1 heterocycles. The normalized spacial score (nSPS) is 13.5. The molecule has 162 valence electrons. The van der Waals surface area contributed by atoms with Crippen molar-refractivity contribution in [3.63, 3.8) is 0 Å². The highest BCUT2D eigenvalue weighted by Gasteiger charge is 2.31. The molecule has 3 aromatic rings. The maximum atomic E-state index is 13.1. The molecular weight excluding hydrogens is 406 g/mol. The minimum Gasteiger partial charge on any atom is -0.480 e. The lowest BCUT2D eigenvalue weighted by Gasteiger charge is -2.31. The van der Waals surface area contributed by atoms with E-state index in [2.05, 4.69) is 10.6 Å². The lowest BCUT2D eigenvalue weighted by molar-refractivity contribution is -0.126. The Hall–Kier alpha value is -4.13. The van der Waals surface area contributed by atoms with E-state index >= 15 is 0 Å². The first-order valence-corrected chi connectivity index (χ1v) is 10.3. The first kappa shape index (κ1) is 21.1. The van der Waals surface area contributed by atoms with Gasteiger partial charge in [-0.2, -0.15) is 0 Å². The number of carbonyl (C=O) groups is 3. The molecular formula is C25H23N3O4. The van der Waals surface area contributed by atoms with E-state index in [9.17, 15) is 14.4 Å². The third kappa shape index (κ3) is 4.62. The Kier molecular flexibility index (Phi) is 6.17. The van der Waals surface area contributed by atoms with E-state index in [4.69, 9.17) is 4.74 Å². The van der Waals surface area contributed by atoms with Crippen molar-refractivity contribution in [1.82, 2.24) is 5.32 Å². The van der Waals surface area contributed by atoms with Crippen LogP contribution < -0.4 is 20.3 Å². The Bertz CT molecular complexity index is 1150. The summed E-state index contributed by atoms with van der Waals surface area (Å²) in [6, 6.07) is 23.5. The zero-order chi connectivity index (χ0) is 22.5. The summed E-state index contributed by atoms with van der Waals surface area (Å²) in [5.41, 5.74) is 2.50. The zero-order valence-electron chi connectivity index (χ0n) is 17.6. The SMILES string of the molecule is CC(Oc1ccccc1C(=O)NCc1ccccc1)C(=O)N1CC(=O)Nc2ccccc21. The molecule has 0 fully saturated rings. The quantitative estimate of drug-likeness (QED) is 0.629. The van der Waals surface area contributed by atoms with Gasteiger partial charge in [0.2, 0.25) is 5.91 Å². The number of ether oxygens (including phenoxy) is 1. The Morgan fingerprint density at radius 3 is 2.50 bits per heavy atom. The Morgan fingerprint density at radius 1 is 1.00 bits per heavy atom. The van der Waals surface area contributed by atoms with Crippen LogP contribution in [0.4, 0.5) is 11.4 Å². The molecule has 0 radical (unpaired) electrons. The van der Waals surface area contributed by atoms with E-state index in [1.165, 1.54) is 4.90 Å². The number of hydrogen-bond donors (Lipinski definition) is 2. The van der Waals surface area contributed by atoms with Gasteiger partial charge in [0.25, 0.3) is 11.8 Å². The average molecular weight is 429 g/mol. The first-order chi connectivity index (χ1) is 15.5. The lowest BCUT2D eigenvalue weighted by Crippen LogP contribution is -2.47. The van der Waals surface area contributed by atoms with E-state index in [-0.39, 0.29) is 24.3 Å². The number of benzene rings is 3. The summed E-state index contributed by atoms with van der Waals surface area (Å²) < 4.78 is 5.90. The van der Waals surface area contributed by atoms with Crippen molar-refractivity contribution in [3.8, 4) is 5.75 Å². The van der Waals surface area contributed by atoms with Crippen molar-refractivity contribution < 1.29 is 19.1 Å². The number of carbonyl (C=O) groups excluding carboxylic acids is 3. The van der Waals surface area contributed by atoms with Crippen LogP contribution in [0.15, 0.2) is 78.9 Å². The van der Waals surface area contributed by atoms with Gasteiger partial charge in [0.1, 0.15) is 12.3 Å². The van der Waals surface area contributed by atoms with Crippen LogP contribution in [-0.2, 0) is 16.1 Å². The van der Waals surface area contributed by atoms with Gasteiger partial charge in [-0.1, -0.05) is 54.6 Å². The number of amides is 3. The third-order valence-electron chi connectivity index (χ3n) is 5.12. The van der Waals surface area contributed by atoms with Gasteiger partial charge < -0.3 is 15.4 Å². The predicted octanol–water partition coefficient (Wildman–Crippen LogP) is 3.37. The van der Waals surface area contributed by atoms with Crippen LogP contribution in [0.25, 0.3) is 0 Å². The molecule has 1 atom stereocenters. The van der Waals surface area contributed by atoms with Crippen LogP contribution in [0.5, 0.6) is 5.75 Å². The number of nitrogens with zero attached hydrogens (tertiary/aromatic N) is 1. The zero-order valence-corrected chi connectivity index (χ0v) is 17.6. The van der Waals surface area contributed by atoms with E-state index in [1.807, 2.05) is 30.3 Å². The van der Waals surface area contributed by atoms with Gasteiger partial charge in [-0.3, -0.25) is 19.3 Å². The highest BCUT2D eigenvalue weighted by Crippen LogP contribution is 2.30. The van der Waals surface area contributed by atoms with Crippen LogP contribution in [0.2, 0.25) is 0 Å². The van der Waals surface area contributed by atoms with Gasteiger partial charge in [-0.15, -0.1) is 0 Å². The molecule has 7 heteroatoms. The molecule has 32 heavy (non-hydrogen) atoms. The molecule has 0 spiro atoms. The van der Waals surface area contributed by atoms with Crippen LogP contribution in [0, 0.1) is 0 Å². The minimum atomic E-state index is -0.906. The van der Waals surface area contributed by atoms with Gasteiger partial charge >= 0.3 is 0 Å². The summed E-state index contributed by atoms with van der Waals surface area (Å²) >= 11 is 0. The lowest BCUT2D eigenvalue weighted by atomic mass is 10.1. The van der Waals surface area contributed by atoms with Crippen molar-refractivity contribution >= 4 is 29.1 Å². The summed E-state index contributed by atoms with van der Waals surface area (Å²) in [7, 11) is 0. The van der Waals surface area contributed by atoms with Gasteiger partial charge in [-0.25, -0.2) is 0 Å². The second kappa shape index (κ2) is 9.34. The number of nitrogens with one attached hydrogen (secondary N) is 2. The molecule has 0 aliphatic carbocycles. The summed E-state index contributed by atoms with van der Waals surface area (Å²) in [5.74, 6) is -0.641. The summed E-state index contributed by atoms with van der Waals surface area (Å²) in [4.78, 5) is 39.3. The van der Waals surface area contributed by atoms with Crippen molar-refractivity contribution in [2.45, 2.75) is 19.6 Å². The number of para-hydroxylation sites is 3. The molecule has 3 aromatic carbocycles. The highest BCUT2D eigenvalue weighted by molar-refractivity contribution is 6.11. The monoisotopic (exact) mass is 429 g/mol. The van der Waals surface area contributed by atoms with Crippen LogP contribution in [-0.4, -0.2) is 30.4 Å².